The number of nitrogens with one attached hydrogen (secondary N) is 1. The molecule has 5 heteroatoms. The molecule has 1 aliphatic heterocycles. The van der Waals surface area contributed by atoms with Crippen LogP contribution in [-0.2, 0) is 16.1 Å². The summed E-state index contributed by atoms with van der Waals surface area (Å²) >= 11 is 0. The van der Waals surface area contributed by atoms with Gasteiger partial charge in [0.1, 0.15) is 0 Å². The van der Waals surface area contributed by atoms with E-state index in [1.54, 1.807) is 0 Å². The number of amides is 1. The number of hydrogen-bond donors (Lipinski definition) is 2. The fourth-order valence-electron chi connectivity index (χ4n) is 2.33. The lowest BCUT2D eigenvalue weighted by molar-refractivity contribution is -0.122. The summed E-state index contributed by atoms with van der Waals surface area (Å²) in [4.78, 5) is 14.3. The Morgan fingerprint density at radius 3 is 3.00 bits per heavy atom. The SMILES string of the molecule is CC1(C)COCCN1CC(=O)Nc1cccc(CN)c1. The van der Waals surface area contributed by atoms with Crippen molar-refractivity contribution in [3.05, 3.63) is 29.8 Å². The van der Waals surface area contributed by atoms with Gasteiger partial charge in [0, 0.05) is 24.3 Å². The quantitative estimate of drug-likeness (QED) is 0.867. The van der Waals surface area contributed by atoms with E-state index in [1.165, 1.54) is 0 Å². The van der Waals surface area contributed by atoms with Crippen molar-refractivity contribution in [2.24, 2.45) is 5.73 Å². The number of hydrogen-bond acceptors (Lipinski definition) is 4. The molecule has 1 aromatic carbocycles. The van der Waals surface area contributed by atoms with Crippen LogP contribution in [0.15, 0.2) is 24.3 Å². The van der Waals surface area contributed by atoms with Crippen molar-refractivity contribution in [2.75, 3.05) is 31.6 Å². The highest BCUT2D eigenvalue weighted by atomic mass is 16.5. The Bertz CT molecular complexity index is 474. The number of nitrogens with two attached hydrogens (primary N) is 1. The molecule has 2 rings (SSSR count). The summed E-state index contributed by atoms with van der Waals surface area (Å²) in [7, 11) is 0. The second kappa shape index (κ2) is 6.35. The molecule has 110 valence electrons. The van der Waals surface area contributed by atoms with Crippen LogP contribution in [0.5, 0.6) is 0 Å². The van der Waals surface area contributed by atoms with Gasteiger partial charge in [-0.05, 0) is 31.5 Å². The largest absolute Gasteiger partial charge is 0.378 e. The maximum atomic E-state index is 12.1. The number of anilines is 1. The van der Waals surface area contributed by atoms with Crippen LogP contribution in [0.3, 0.4) is 0 Å². The van der Waals surface area contributed by atoms with Gasteiger partial charge >= 0.3 is 0 Å². The molecule has 1 aliphatic rings. The average molecular weight is 277 g/mol. The van der Waals surface area contributed by atoms with E-state index in [4.69, 9.17) is 10.5 Å². The highest BCUT2D eigenvalue weighted by Crippen LogP contribution is 2.18. The van der Waals surface area contributed by atoms with E-state index >= 15 is 0 Å². The molecule has 3 N–H and O–H groups in total. The van der Waals surface area contributed by atoms with Gasteiger partial charge in [-0.15, -0.1) is 0 Å². The summed E-state index contributed by atoms with van der Waals surface area (Å²) < 4.78 is 5.46. The lowest BCUT2D eigenvalue weighted by Crippen LogP contribution is -2.55. The lowest BCUT2D eigenvalue weighted by Gasteiger charge is -2.41. The zero-order valence-corrected chi connectivity index (χ0v) is 12.2. The van der Waals surface area contributed by atoms with Gasteiger partial charge in [0.15, 0.2) is 0 Å². The van der Waals surface area contributed by atoms with E-state index in [-0.39, 0.29) is 11.4 Å². The number of ether oxygens (including phenoxy) is 1. The zero-order chi connectivity index (χ0) is 14.6. The highest BCUT2D eigenvalue weighted by molar-refractivity contribution is 5.92. The fraction of sp³-hybridized carbons (Fsp3) is 0.533. The predicted octanol–water partition coefficient (Wildman–Crippen LogP) is 1.19. The molecule has 1 fully saturated rings. The third-order valence-electron chi connectivity index (χ3n) is 3.60. The minimum absolute atomic E-state index is 0.00542. The van der Waals surface area contributed by atoms with Gasteiger partial charge in [0.05, 0.1) is 19.8 Å². The maximum Gasteiger partial charge on any atom is 0.238 e. The van der Waals surface area contributed by atoms with Gasteiger partial charge in [0.25, 0.3) is 0 Å². The van der Waals surface area contributed by atoms with Crippen LogP contribution in [-0.4, -0.2) is 42.6 Å². The van der Waals surface area contributed by atoms with Crippen molar-refractivity contribution in [2.45, 2.75) is 25.9 Å². The molecule has 1 heterocycles. The van der Waals surface area contributed by atoms with E-state index < -0.39 is 0 Å². The van der Waals surface area contributed by atoms with Crippen molar-refractivity contribution in [1.82, 2.24) is 4.90 Å². The molecular weight excluding hydrogens is 254 g/mol. The maximum absolute atomic E-state index is 12.1. The Balaban J connectivity index is 1.94. The smallest absolute Gasteiger partial charge is 0.238 e. The molecule has 0 bridgehead atoms. The normalized spacial score (nSPS) is 18.8. The second-order valence-electron chi connectivity index (χ2n) is 5.74. The van der Waals surface area contributed by atoms with Gasteiger partial charge in [-0.2, -0.15) is 0 Å². The predicted molar refractivity (Wildman–Crippen MR) is 79.4 cm³/mol. The molecule has 1 saturated heterocycles. The van der Waals surface area contributed by atoms with E-state index in [0.29, 0.717) is 26.3 Å². The van der Waals surface area contributed by atoms with Crippen LogP contribution in [0.25, 0.3) is 0 Å². The van der Waals surface area contributed by atoms with E-state index in [1.807, 2.05) is 24.3 Å². The number of morpholine rings is 1. The number of rotatable bonds is 4. The Kier molecular flexibility index (Phi) is 4.75. The number of carbonyl (C=O) groups is 1. The summed E-state index contributed by atoms with van der Waals surface area (Å²) in [5, 5.41) is 2.92. The molecule has 1 amide bonds. The van der Waals surface area contributed by atoms with Crippen LogP contribution in [0.2, 0.25) is 0 Å². The first-order valence-corrected chi connectivity index (χ1v) is 6.93. The van der Waals surface area contributed by atoms with Crippen LogP contribution in [0.4, 0.5) is 5.69 Å². The Morgan fingerprint density at radius 1 is 1.50 bits per heavy atom. The van der Waals surface area contributed by atoms with Crippen LogP contribution >= 0.6 is 0 Å². The van der Waals surface area contributed by atoms with Crippen LogP contribution in [0, 0.1) is 0 Å². The van der Waals surface area contributed by atoms with Crippen LogP contribution < -0.4 is 11.1 Å². The Morgan fingerprint density at radius 2 is 2.30 bits per heavy atom. The number of carbonyl (C=O) groups excluding carboxylic acids is 1. The molecule has 20 heavy (non-hydrogen) atoms. The summed E-state index contributed by atoms with van der Waals surface area (Å²) in [6.45, 7) is 7.15. The number of benzene rings is 1. The number of nitrogens with zero attached hydrogens (tertiary/aromatic N) is 1. The van der Waals surface area contributed by atoms with Crippen molar-refractivity contribution in [3.63, 3.8) is 0 Å². The third kappa shape index (κ3) is 3.79. The minimum atomic E-state index is -0.102. The fourth-order valence-corrected chi connectivity index (χ4v) is 2.33. The molecule has 0 radical (unpaired) electrons. The Hall–Kier alpha value is -1.43. The molecular formula is C15H23N3O2. The summed E-state index contributed by atoms with van der Waals surface area (Å²) in [6.07, 6.45) is 0. The summed E-state index contributed by atoms with van der Waals surface area (Å²) in [5.41, 5.74) is 7.30. The zero-order valence-electron chi connectivity index (χ0n) is 12.2. The standard InChI is InChI=1S/C15H23N3O2/c1-15(2)11-20-7-6-18(15)10-14(19)17-13-5-3-4-12(8-13)9-16/h3-5,8H,6-7,9-11,16H2,1-2H3,(H,17,19). The van der Waals surface area contributed by atoms with E-state index in [0.717, 1.165) is 17.8 Å². The van der Waals surface area contributed by atoms with Gasteiger partial charge in [-0.1, -0.05) is 12.1 Å². The topological polar surface area (TPSA) is 67.6 Å². The van der Waals surface area contributed by atoms with Gasteiger partial charge in [-0.25, -0.2) is 0 Å². The van der Waals surface area contributed by atoms with Crippen molar-refractivity contribution >= 4 is 11.6 Å². The molecule has 0 spiro atoms. The first-order chi connectivity index (χ1) is 9.51. The Labute approximate surface area is 120 Å². The van der Waals surface area contributed by atoms with E-state index in [9.17, 15) is 4.79 Å². The van der Waals surface area contributed by atoms with Crippen LogP contribution in [0.1, 0.15) is 19.4 Å². The molecule has 1 aromatic rings. The van der Waals surface area contributed by atoms with Crippen molar-refractivity contribution < 1.29 is 9.53 Å². The van der Waals surface area contributed by atoms with Gasteiger partial charge in [0.2, 0.25) is 5.91 Å². The molecule has 0 saturated carbocycles. The van der Waals surface area contributed by atoms with E-state index in [2.05, 4.69) is 24.1 Å². The first kappa shape index (κ1) is 15.0. The average Bonchev–Trinajstić information content (AvgIpc) is 2.41. The molecule has 5 nitrogen and oxygen atoms in total. The summed E-state index contributed by atoms with van der Waals surface area (Å²) in [6, 6.07) is 7.63. The lowest BCUT2D eigenvalue weighted by atomic mass is 10.0. The molecule has 0 aliphatic carbocycles. The van der Waals surface area contributed by atoms with Crippen molar-refractivity contribution in [1.29, 1.82) is 0 Å². The van der Waals surface area contributed by atoms with Gasteiger partial charge < -0.3 is 15.8 Å². The minimum Gasteiger partial charge on any atom is -0.378 e. The monoisotopic (exact) mass is 277 g/mol. The summed E-state index contributed by atoms with van der Waals surface area (Å²) in [5.74, 6) is -0.00542. The van der Waals surface area contributed by atoms with Crippen molar-refractivity contribution in [3.8, 4) is 0 Å². The molecule has 0 aromatic heterocycles. The second-order valence-corrected chi connectivity index (χ2v) is 5.74. The third-order valence-corrected chi connectivity index (χ3v) is 3.60. The first-order valence-electron chi connectivity index (χ1n) is 6.93. The van der Waals surface area contributed by atoms with Gasteiger partial charge in [-0.3, -0.25) is 9.69 Å². The molecule has 0 unspecified atom stereocenters. The highest BCUT2D eigenvalue weighted by Gasteiger charge is 2.31. The molecule has 0 atom stereocenters.